The van der Waals surface area contributed by atoms with E-state index in [1.807, 2.05) is 23.1 Å². The van der Waals surface area contributed by atoms with Crippen molar-refractivity contribution < 1.29 is 20.2 Å². The molecule has 208 valence electrons. The second kappa shape index (κ2) is 11.8. The molecule has 4 aromatic heterocycles. The zero-order valence-corrected chi connectivity index (χ0v) is 22.4. The van der Waals surface area contributed by atoms with E-state index in [-0.39, 0.29) is 6.61 Å². The molecular formula is C26H29N9O4S. The third-order valence-corrected chi connectivity index (χ3v) is 7.86. The van der Waals surface area contributed by atoms with E-state index < -0.39 is 6.23 Å². The molecule has 5 N–H and O–H groups in total. The smallest absolute Gasteiger partial charge is 0.225 e. The predicted molar refractivity (Wildman–Crippen MR) is 150 cm³/mol. The third-order valence-electron chi connectivity index (χ3n) is 6.75. The summed E-state index contributed by atoms with van der Waals surface area (Å²) in [6.07, 6.45) is 3.97. The van der Waals surface area contributed by atoms with Gasteiger partial charge in [0, 0.05) is 60.0 Å². The van der Waals surface area contributed by atoms with Crippen LogP contribution in [-0.4, -0.2) is 85.0 Å². The lowest BCUT2D eigenvalue weighted by molar-refractivity contribution is 0.000307. The number of nitrogens with zero attached hydrogens (tertiary/aromatic N) is 7. The number of rotatable bonds is 10. The van der Waals surface area contributed by atoms with Crippen LogP contribution in [0.4, 0.5) is 11.8 Å². The number of aromatic amines is 1. The lowest BCUT2D eigenvalue weighted by atomic mass is 10.1. The first-order valence-corrected chi connectivity index (χ1v) is 13.8. The van der Waals surface area contributed by atoms with Crippen LogP contribution >= 0.6 is 11.3 Å². The van der Waals surface area contributed by atoms with Crippen LogP contribution in [0.2, 0.25) is 0 Å². The van der Waals surface area contributed by atoms with Crippen molar-refractivity contribution in [2.75, 3.05) is 49.3 Å². The van der Waals surface area contributed by atoms with Crippen molar-refractivity contribution >= 4 is 44.2 Å². The van der Waals surface area contributed by atoms with Crippen LogP contribution in [0, 0.1) is 0 Å². The zero-order valence-electron chi connectivity index (χ0n) is 21.6. The van der Waals surface area contributed by atoms with Gasteiger partial charge >= 0.3 is 0 Å². The molecule has 14 heteroatoms. The number of aliphatic hydroxyl groups is 2. The van der Waals surface area contributed by atoms with Gasteiger partial charge in [-0.05, 0) is 18.6 Å². The minimum atomic E-state index is -1.28. The van der Waals surface area contributed by atoms with E-state index in [0.29, 0.717) is 50.1 Å². The summed E-state index contributed by atoms with van der Waals surface area (Å²) in [4.78, 5) is 24.1. The summed E-state index contributed by atoms with van der Waals surface area (Å²) >= 11 is 1.63. The van der Waals surface area contributed by atoms with E-state index in [2.05, 4.69) is 31.1 Å². The highest BCUT2D eigenvalue weighted by Gasteiger charge is 2.22. The van der Waals surface area contributed by atoms with Crippen molar-refractivity contribution in [3.8, 4) is 11.4 Å². The fraction of sp³-hybridized carbons (Fsp3) is 0.346. The van der Waals surface area contributed by atoms with E-state index in [0.717, 1.165) is 50.5 Å². The summed E-state index contributed by atoms with van der Waals surface area (Å²) in [6.45, 7) is 3.82. The Bertz CT molecular complexity index is 1590. The minimum absolute atomic E-state index is 0.0315. The number of ether oxygens (including phenoxy) is 1. The molecule has 6 rings (SSSR count). The van der Waals surface area contributed by atoms with E-state index in [1.165, 1.54) is 12.4 Å². The topological polar surface area (TPSA) is 169 Å². The molecule has 0 aliphatic carbocycles. The highest BCUT2D eigenvalue weighted by Crippen LogP contribution is 2.36. The van der Waals surface area contributed by atoms with E-state index >= 15 is 0 Å². The van der Waals surface area contributed by atoms with Crippen molar-refractivity contribution in [3.63, 3.8) is 0 Å². The van der Waals surface area contributed by atoms with E-state index in [1.54, 1.807) is 23.0 Å². The molecule has 0 amide bonds. The number of thiophene rings is 1. The Morgan fingerprint density at radius 3 is 2.75 bits per heavy atom. The Morgan fingerprint density at radius 2 is 1.98 bits per heavy atom. The molecule has 5 heterocycles. The van der Waals surface area contributed by atoms with Crippen LogP contribution in [0.25, 0.3) is 32.5 Å². The monoisotopic (exact) mass is 563 g/mol. The number of aliphatic hydroxyl groups excluding tert-OH is 2. The summed E-state index contributed by atoms with van der Waals surface area (Å²) in [5.41, 5.74) is 4.79. The number of H-pyrrole nitrogens is 1. The van der Waals surface area contributed by atoms with Crippen molar-refractivity contribution in [2.45, 2.75) is 19.2 Å². The molecule has 1 unspecified atom stereocenters. The Morgan fingerprint density at radius 1 is 1.15 bits per heavy atom. The van der Waals surface area contributed by atoms with Gasteiger partial charge in [0.2, 0.25) is 5.95 Å². The molecule has 1 atom stereocenters. The predicted octanol–water partition coefficient (Wildman–Crippen LogP) is 2.22. The van der Waals surface area contributed by atoms with E-state index in [9.17, 15) is 10.2 Å². The molecule has 0 bridgehead atoms. The Labute approximate surface area is 233 Å². The number of anilines is 2. The van der Waals surface area contributed by atoms with Gasteiger partial charge in [0.05, 0.1) is 41.7 Å². The average molecular weight is 564 g/mol. The second-order valence-electron chi connectivity index (χ2n) is 9.38. The van der Waals surface area contributed by atoms with E-state index in [4.69, 9.17) is 19.9 Å². The van der Waals surface area contributed by atoms with Crippen molar-refractivity contribution in [1.29, 1.82) is 0 Å². The first-order chi connectivity index (χ1) is 19.6. The third kappa shape index (κ3) is 5.32. The summed E-state index contributed by atoms with van der Waals surface area (Å²) in [7, 11) is 0. The number of aromatic nitrogens is 6. The van der Waals surface area contributed by atoms with Gasteiger partial charge in [0.1, 0.15) is 0 Å². The molecule has 40 heavy (non-hydrogen) atoms. The first kappa shape index (κ1) is 26.4. The van der Waals surface area contributed by atoms with Gasteiger partial charge < -0.3 is 30.0 Å². The van der Waals surface area contributed by atoms with Gasteiger partial charge in [0.25, 0.3) is 0 Å². The number of benzene rings is 1. The molecule has 13 nitrogen and oxygen atoms in total. The number of nitrogens with one attached hydrogen (secondary N) is 2. The molecule has 1 aromatic carbocycles. The van der Waals surface area contributed by atoms with Gasteiger partial charge in [0.15, 0.2) is 17.9 Å². The largest absolute Gasteiger partial charge is 0.396 e. The van der Waals surface area contributed by atoms with Crippen LogP contribution in [0.1, 0.15) is 23.1 Å². The lowest BCUT2D eigenvalue weighted by Crippen LogP contribution is -2.36. The number of morpholine rings is 1. The van der Waals surface area contributed by atoms with Crippen molar-refractivity contribution in [3.05, 3.63) is 53.3 Å². The van der Waals surface area contributed by atoms with Gasteiger partial charge in [-0.15, -0.1) is 11.3 Å². The standard InChI is InChI=1S/C26H29N9O4S/c36-8-2-5-35(26-27-12-16(13-28-26)25(37)33-38)15-17-11-21-22(40-17)24(34-6-9-39-10-7-34)31-23(30-21)18-3-1-4-20-19(18)14-29-32-20/h1,3-4,11-14,25,33,36-38H,2,5-10,15H2,(H,29,32). The molecule has 1 fully saturated rings. The van der Waals surface area contributed by atoms with Gasteiger partial charge in [-0.1, -0.05) is 12.1 Å². The van der Waals surface area contributed by atoms with Crippen LogP contribution in [0.5, 0.6) is 0 Å². The minimum Gasteiger partial charge on any atom is -0.396 e. The molecule has 1 saturated heterocycles. The second-order valence-corrected chi connectivity index (χ2v) is 10.5. The summed E-state index contributed by atoms with van der Waals surface area (Å²) in [6, 6.07) is 8.03. The summed E-state index contributed by atoms with van der Waals surface area (Å²) in [5.74, 6) is 1.97. The summed E-state index contributed by atoms with van der Waals surface area (Å²) in [5, 5.41) is 36.4. The highest BCUT2D eigenvalue weighted by atomic mass is 32.1. The Hall–Kier alpha value is -3.79. The van der Waals surface area contributed by atoms with Crippen LogP contribution in [0.15, 0.2) is 42.9 Å². The molecular weight excluding hydrogens is 534 g/mol. The normalized spacial score (nSPS) is 14.7. The first-order valence-electron chi connectivity index (χ1n) is 13.0. The maximum Gasteiger partial charge on any atom is 0.225 e. The SMILES string of the molecule is OCCCN(Cc1cc2nc(-c3cccc4[nH]ncc34)nc(N3CCOCC3)c2s1)c1ncc(C(O)NO)cn1. The van der Waals surface area contributed by atoms with Crippen LogP contribution in [0.3, 0.4) is 0 Å². The van der Waals surface area contributed by atoms with Crippen LogP contribution in [-0.2, 0) is 11.3 Å². The number of hydrogen-bond acceptors (Lipinski definition) is 13. The molecule has 1 aliphatic heterocycles. The van der Waals surface area contributed by atoms with Gasteiger partial charge in [-0.25, -0.2) is 19.9 Å². The average Bonchev–Trinajstić information content (AvgIpc) is 3.65. The van der Waals surface area contributed by atoms with Gasteiger partial charge in [-0.3, -0.25) is 5.10 Å². The lowest BCUT2D eigenvalue weighted by Gasteiger charge is -2.28. The Kier molecular flexibility index (Phi) is 7.77. The summed E-state index contributed by atoms with van der Waals surface area (Å²) < 4.78 is 6.60. The maximum absolute atomic E-state index is 9.78. The fourth-order valence-corrected chi connectivity index (χ4v) is 5.85. The molecule has 0 saturated carbocycles. The number of fused-ring (bicyclic) bond motifs is 2. The highest BCUT2D eigenvalue weighted by molar-refractivity contribution is 7.19. The number of hydroxylamine groups is 1. The maximum atomic E-state index is 9.78. The number of hydrogen-bond donors (Lipinski definition) is 5. The van der Waals surface area contributed by atoms with Gasteiger partial charge in [-0.2, -0.15) is 10.6 Å². The van der Waals surface area contributed by atoms with Crippen LogP contribution < -0.4 is 15.3 Å². The molecule has 5 aromatic rings. The molecule has 0 radical (unpaired) electrons. The Balaban J connectivity index is 1.39. The quantitative estimate of drug-likeness (QED) is 0.124. The zero-order chi connectivity index (χ0) is 27.5. The molecule has 0 spiro atoms. The van der Waals surface area contributed by atoms with Crippen molar-refractivity contribution in [1.82, 2.24) is 35.6 Å². The fourth-order valence-electron chi connectivity index (χ4n) is 4.72. The van der Waals surface area contributed by atoms with Crippen molar-refractivity contribution in [2.24, 2.45) is 0 Å². The molecule has 1 aliphatic rings.